The first-order valence-electron chi connectivity index (χ1n) is 5.16. The Morgan fingerprint density at radius 1 is 1.41 bits per heavy atom. The molecule has 0 bridgehead atoms. The Kier molecular flexibility index (Phi) is 3.40. The minimum atomic E-state index is -0.345. The van der Waals surface area contributed by atoms with Crippen LogP contribution < -0.4 is 5.73 Å². The number of hydrogen-bond donors (Lipinski definition) is 1. The molecule has 0 aliphatic rings. The van der Waals surface area contributed by atoms with Crippen molar-refractivity contribution in [3.8, 4) is 0 Å². The Bertz CT molecular complexity index is 593. The number of primary amides is 1. The summed E-state index contributed by atoms with van der Waals surface area (Å²) < 4.78 is 0. The zero-order valence-electron chi connectivity index (χ0n) is 9.06. The van der Waals surface area contributed by atoms with Gasteiger partial charge in [-0.1, -0.05) is 29.8 Å². The second kappa shape index (κ2) is 4.97. The van der Waals surface area contributed by atoms with Crippen LogP contribution in [0.15, 0.2) is 36.5 Å². The van der Waals surface area contributed by atoms with Crippen molar-refractivity contribution >= 4 is 34.5 Å². The lowest BCUT2D eigenvalue weighted by atomic mass is 10.1. The Hall–Kier alpha value is -1.87. The maximum Gasteiger partial charge on any atom is 0.221 e. The van der Waals surface area contributed by atoms with Crippen molar-refractivity contribution in [3.63, 3.8) is 0 Å². The van der Waals surface area contributed by atoms with Gasteiger partial charge in [0.2, 0.25) is 5.91 Å². The number of rotatable bonds is 3. The number of hydrogen-bond acceptors (Lipinski definition) is 2. The Labute approximate surface area is 104 Å². The summed E-state index contributed by atoms with van der Waals surface area (Å²) in [5.41, 5.74) is 6.89. The highest BCUT2D eigenvalue weighted by Crippen LogP contribution is 2.21. The molecule has 1 aromatic heterocycles. The molecule has 1 heterocycles. The maximum absolute atomic E-state index is 10.6. The smallest absolute Gasteiger partial charge is 0.221 e. The fourth-order valence-corrected chi connectivity index (χ4v) is 1.76. The molecule has 0 atom stereocenters. The van der Waals surface area contributed by atoms with Crippen molar-refractivity contribution in [3.05, 3.63) is 47.1 Å². The lowest BCUT2D eigenvalue weighted by Crippen LogP contribution is -2.07. The number of nitrogens with zero attached hydrogens (tertiary/aromatic N) is 1. The molecule has 0 saturated carbocycles. The Balaban J connectivity index is 2.40. The van der Waals surface area contributed by atoms with Crippen LogP contribution in [0.25, 0.3) is 17.0 Å². The van der Waals surface area contributed by atoms with E-state index in [1.54, 1.807) is 12.3 Å². The average Bonchev–Trinajstić information content (AvgIpc) is 2.28. The summed E-state index contributed by atoms with van der Waals surface area (Å²) >= 11 is 5.90. The maximum atomic E-state index is 10.6. The molecule has 2 rings (SSSR count). The van der Waals surface area contributed by atoms with Crippen LogP contribution in [0.4, 0.5) is 0 Å². The fourth-order valence-electron chi connectivity index (χ4n) is 1.59. The number of carbonyl (C=O) groups excluding carboxylic acids is 1. The van der Waals surface area contributed by atoms with Crippen LogP contribution in [-0.4, -0.2) is 10.9 Å². The largest absolute Gasteiger partial charge is 0.369 e. The summed E-state index contributed by atoms with van der Waals surface area (Å²) in [6.45, 7) is 0. The molecule has 0 fully saturated rings. The predicted octanol–water partition coefficient (Wildman–Crippen LogP) is 2.78. The SMILES string of the molecule is NC(=O)CC=Cc1ccnc2cc(Cl)ccc12. The monoisotopic (exact) mass is 246 g/mol. The van der Waals surface area contributed by atoms with Crippen molar-refractivity contribution in [1.29, 1.82) is 0 Å². The highest BCUT2D eigenvalue weighted by molar-refractivity contribution is 6.31. The van der Waals surface area contributed by atoms with Gasteiger partial charge in [-0.3, -0.25) is 9.78 Å². The molecule has 4 heteroatoms. The van der Waals surface area contributed by atoms with Gasteiger partial charge in [0.05, 0.1) is 5.52 Å². The predicted molar refractivity (Wildman–Crippen MR) is 69.6 cm³/mol. The van der Waals surface area contributed by atoms with E-state index < -0.39 is 0 Å². The zero-order chi connectivity index (χ0) is 12.3. The van der Waals surface area contributed by atoms with Crippen LogP contribution in [0.2, 0.25) is 5.02 Å². The Morgan fingerprint density at radius 3 is 3.00 bits per heavy atom. The summed E-state index contributed by atoms with van der Waals surface area (Å²) in [6.07, 6.45) is 5.55. The molecule has 0 aliphatic carbocycles. The standard InChI is InChI=1S/C13H11ClN2O/c14-10-4-5-11-9(2-1-3-13(15)17)6-7-16-12(11)8-10/h1-2,4-8H,3H2,(H2,15,17). The van der Waals surface area contributed by atoms with Gasteiger partial charge >= 0.3 is 0 Å². The van der Waals surface area contributed by atoms with Crippen LogP contribution in [0, 0.1) is 0 Å². The number of amides is 1. The van der Waals surface area contributed by atoms with E-state index in [-0.39, 0.29) is 12.3 Å². The lowest BCUT2D eigenvalue weighted by molar-refractivity contribution is -0.117. The van der Waals surface area contributed by atoms with E-state index in [2.05, 4.69) is 4.98 Å². The molecule has 2 aromatic rings. The minimum absolute atomic E-state index is 0.234. The zero-order valence-corrected chi connectivity index (χ0v) is 9.82. The minimum Gasteiger partial charge on any atom is -0.369 e. The van der Waals surface area contributed by atoms with Gasteiger partial charge in [-0.15, -0.1) is 0 Å². The van der Waals surface area contributed by atoms with E-state index >= 15 is 0 Å². The van der Waals surface area contributed by atoms with Gasteiger partial charge in [-0.25, -0.2) is 0 Å². The number of benzene rings is 1. The van der Waals surface area contributed by atoms with Gasteiger partial charge in [-0.05, 0) is 23.8 Å². The third kappa shape index (κ3) is 2.82. The van der Waals surface area contributed by atoms with Crippen LogP contribution in [0.5, 0.6) is 0 Å². The van der Waals surface area contributed by atoms with E-state index in [1.807, 2.05) is 30.3 Å². The van der Waals surface area contributed by atoms with Gasteiger partial charge in [0.25, 0.3) is 0 Å². The summed E-state index contributed by atoms with van der Waals surface area (Å²) in [6, 6.07) is 7.42. The summed E-state index contributed by atoms with van der Waals surface area (Å²) in [7, 11) is 0. The second-order valence-corrected chi connectivity index (χ2v) is 4.07. The second-order valence-electron chi connectivity index (χ2n) is 3.63. The highest BCUT2D eigenvalue weighted by Gasteiger charge is 1.99. The molecule has 0 aliphatic heterocycles. The van der Waals surface area contributed by atoms with E-state index in [4.69, 9.17) is 17.3 Å². The van der Waals surface area contributed by atoms with Gasteiger partial charge in [0.1, 0.15) is 0 Å². The average molecular weight is 247 g/mol. The number of carbonyl (C=O) groups is 1. The third-order valence-corrected chi connectivity index (χ3v) is 2.59. The molecule has 0 unspecified atom stereocenters. The van der Waals surface area contributed by atoms with E-state index in [9.17, 15) is 4.79 Å². The van der Waals surface area contributed by atoms with Crippen molar-refractivity contribution in [2.24, 2.45) is 5.73 Å². The van der Waals surface area contributed by atoms with Gasteiger partial charge in [-0.2, -0.15) is 0 Å². The third-order valence-electron chi connectivity index (χ3n) is 2.35. The molecule has 0 saturated heterocycles. The van der Waals surface area contributed by atoms with Crippen molar-refractivity contribution in [2.45, 2.75) is 6.42 Å². The van der Waals surface area contributed by atoms with Gasteiger partial charge in [0, 0.05) is 23.0 Å². The molecular formula is C13H11ClN2O. The quantitative estimate of drug-likeness (QED) is 0.905. The van der Waals surface area contributed by atoms with Crippen LogP contribution >= 0.6 is 11.6 Å². The first-order chi connectivity index (χ1) is 8.16. The fraction of sp³-hybridized carbons (Fsp3) is 0.0769. The summed E-state index contributed by atoms with van der Waals surface area (Å²) in [4.78, 5) is 14.9. The molecule has 1 aromatic carbocycles. The summed E-state index contributed by atoms with van der Waals surface area (Å²) in [5, 5.41) is 1.65. The number of pyridine rings is 1. The Morgan fingerprint density at radius 2 is 2.24 bits per heavy atom. The number of halogens is 1. The van der Waals surface area contributed by atoms with E-state index in [0.29, 0.717) is 5.02 Å². The number of fused-ring (bicyclic) bond motifs is 1. The van der Waals surface area contributed by atoms with Crippen LogP contribution in [0.3, 0.4) is 0 Å². The molecule has 17 heavy (non-hydrogen) atoms. The van der Waals surface area contributed by atoms with Gasteiger partial charge < -0.3 is 5.73 Å². The number of aromatic nitrogens is 1. The molecule has 1 amide bonds. The normalized spacial score (nSPS) is 11.1. The van der Waals surface area contributed by atoms with Crippen LogP contribution in [-0.2, 0) is 4.79 Å². The molecule has 3 nitrogen and oxygen atoms in total. The molecule has 0 spiro atoms. The first-order valence-corrected chi connectivity index (χ1v) is 5.54. The van der Waals surface area contributed by atoms with Gasteiger partial charge in [0.15, 0.2) is 0 Å². The first kappa shape index (κ1) is 11.6. The molecular weight excluding hydrogens is 236 g/mol. The topological polar surface area (TPSA) is 56.0 Å². The van der Waals surface area contributed by atoms with E-state index in [1.165, 1.54) is 0 Å². The molecule has 2 N–H and O–H groups in total. The van der Waals surface area contributed by atoms with E-state index in [0.717, 1.165) is 16.5 Å². The highest BCUT2D eigenvalue weighted by atomic mass is 35.5. The van der Waals surface area contributed by atoms with Crippen LogP contribution in [0.1, 0.15) is 12.0 Å². The van der Waals surface area contributed by atoms with Crippen molar-refractivity contribution < 1.29 is 4.79 Å². The lowest BCUT2D eigenvalue weighted by Gasteiger charge is -2.01. The number of nitrogens with two attached hydrogens (primary N) is 1. The van der Waals surface area contributed by atoms with Crippen molar-refractivity contribution in [1.82, 2.24) is 4.98 Å². The summed E-state index contributed by atoms with van der Waals surface area (Å²) in [5.74, 6) is -0.345. The van der Waals surface area contributed by atoms with Crippen molar-refractivity contribution in [2.75, 3.05) is 0 Å². The molecule has 0 radical (unpaired) electrons. The molecule has 86 valence electrons.